The predicted molar refractivity (Wildman–Crippen MR) is 100 cm³/mol. The largest absolute Gasteiger partial charge is 0.497 e. The quantitative estimate of drug-likeness (QED) is 0.492. The van der Waals surface area contributed by atoms with Gasteiger partial charge < -0.3 is 14.2 Å². The Morgan fingerprint density at radius 2 is 1.59 bits per heavy atom. The molecule has 0 heterocycles. The van der Waals surface area contributed by atoms with E-state index in [1.54, 1.807) is 43.5 Å². The van der Waals surface area contributed by atoms with Crippen molar-refractivity contribution in [3.05, 3.63) is 54.1 Å². The van der Waals surface area contributed by atoms with Gasteiger partial charge in [-0.05, 0) is 43.3 Å². The number of benzene rings is 2. The molecule has 0 atom stereocenters. The summed E-state index contributed by atoms with van der Waals surface area (Å²) in [6, 6.07) is 13.5. The molecule has 146 valence electrons. The van der Waals surface area contributed by atoms with Gasteiger partial charge in [0.25, 0.3) is 0 Å². The normalized spacial score (nSPS) is 11.0. The fourth-order valence-electron chi connectivity index (χ4n) is 2.15. The number of hydrogen-bond acceptors (Lipinski definition) is 6. The SMILES string of the molecule is COc1ccc(OCCOC(=O)CCNS(=O)(=O)c2ccc(C)cc2)cc1. The van der Waals surface area contributed by atoms with Crippen molar-refractivity contribution in [2.24, 2.45) is 0 Å². The second-order valence-electron chi connectivity index (χ2n) is 5.71. The van der Waals surface area contributed by atoms with Crippen LogP contribution >= 0.6 is 0 Å². The molecule has 27 heavy (non-hydrogen) atoms. The van der Waals surface area contributed by atoms with Gasteiger partial charge in [0.1, 0.15) is 24.7 Å². The summed E-state index contributed by atoms with van der Waals surface area (Å²) in [7, 11) is -2.05. The molecule has 0 spiro atoms. The maximum atomic E-state index is 12.1. The van der Waals surface area contributed by atoms with Crippen LogP contribution in [0.3, 0.4) is 0 Å². The molecule has 2 aromatic rings. The summed E-state index contributed by atoms with van der Waals surface area (Å²) in [5.41, 5.74) is 0.967. The highest BCUT2D eigenvalue weighted by Crippen LogP contribution is 2.16. The highest BCUT2D eigenvalue weighted by molar-refractivity contribution is 7.89. The maximum Gasteiger partial charge on any atom is 0.307 e. The van der Waals surface area contributed by atoms with E-state index in [-0.39, 0.29) is 31.1 Å². The summed E-state index contributed by atoms with van der Waals surface area (Å²) in [6.07, 6.45) is -0.0619. The van der Waals surface area contributed by atoms with Crippen LogP contribution in [0.1, 0.15) is 12.0 Å². The summed E-state index contributed by atoms with van der Waals surface area (Å²) >= 11 is 0. The topological polar surface area (TPSA) is 90.9 Å². The molecule has 0 saturated heterocycles. The fraction of sp³-hybridized carbons (Fsp3) is 0.316. The average Bonchev–Trinajstić information content (AvgIpc) is 2.66. The van der Waals surface area contributed by atoms with Crippen LogP contribution in [0.15, 0.2) is 53.4 Å². The molecule has 7 nitrogen and oxygen atoms in total. The van der Waals surface area contributed by atoms with Gasteiger partial charge in [-0.25, -0.2) is 13.1 Å². The highest BCUT2D eigenvalue weighted by Gasteiger charge is 2.14. The molecule has 0 saturated carbocycles. The van der Waals surface area contributed by atoms with Crippen molar-refractivity contribution in [1.82, 2.24) is 4.72 Å². The molecule has 0 aliphatic carbocycles. The minimum absolute atomic E-state index is 0.0334. The third-order valence-corrected chi connectivity index (χ3v) is 5.10. The van der Waals surface area contributed by atoms with E-state index in [0.717, 1.165) is 11.3 Å². The number of carbonyl (C=O) groups excluding carboxylic acids is 1. The van der Waals surface area contributed by atoms with Crippen LogP contribution < -0.4 is 14.2 Å². The van der Waals surface area contributed by atoms with Crippen LogP contribution in [0, 0.1) is 6.92 Å². The van der Waals surface area contributed by atoms with Crippen molar-refractivity contribution in [2.45, 2.75) is 18.2 Å². The Bertz CT molecular complexity index is 832. The molecule has 0 aliphatic rings. The van der Waals surface area contributed by atoms with E-state index in [9.17, 15) is 13.2 Å². The van der Waals surface area contributed by atoms with Gasteiger partial charge in [-0.3, -0.25) is 4.79 Å². The maximum absolute atomic E-state index is 12.1. The smallest absolute Gasteiger partial charge is 0.307 e. The second-order valence-corrected chi connectivity index (χ2v) is 7.47. The second kappa shape index (κ2) is 9.94. The zero-order valence-electron chi connectivity index (χ0n) is 15.3. The number of sulfonamides is 1. The van der Waals surface area contributed by atoms with E-state index >= 15 is 0 Å². The number of rotatable bonds is 10. The number of hydrogen-bond donors (Lipinski definition) is 1. The minimum Gasteiger partial charge on any atom is -0.497 e. The average molecular weight is 393 g/mol. The van der Waals surface area contributed by atoms with Crippen molar-refractivity contribution < 1.29 is 27.4 Å². The van der Waals surface area contributed by atoms with Gasteiger partial charge in [-0.1, -0.05) is 17.7 Å². The Hall–Kier alpha value is -2.58. The van der Waals surface area contributed by atoms with Crippen LogP contribution in [0.25, 0.3) is 0 Å². The van der Waals surface area contributed by atoms with Crippen molar-refractivity contribution in [2.75, 3.05) is 26.9 Å². The van der Waals surface area contributed by atoms with Crippen LogP contribution in [-0.2, 0) is 19.6 Å². The van der Waals surface area contributed by atoms with Gasteiger partial charge in [0, 0.05) is 6.54 Å². The van der Waals surface area contributed by atoms with Gasteiger partial charge in [-0.2, -0.15) is 0 Å². The number of carbonyl (C=O) groups is 1. The molecule has 0 radical (unpaired) electrons. The van der Waals surface area contributed by atoms with Gasteiger partial charge in [0.2, 0.25) is 10.0 Å². The van der Waals surface area contributed by atoms with Gasteiger partial charge in [0.15, 0.2) is 0 Å². The molecule has 2 rings (SSSR count). The third-order valence-electron chi connectivity index (χ3n) is 3.63. The lowest BCUT2D eigenvalue weighted by Crippen LogP contribution is -2.27. The van der Waals surface area contributed by atoms with Crippen molar-refractivity contribution in [1.29, 1.82) is 0 Å². The van der Waals surface area contributed by atoms with E-state index in [1.807, 2.05) is 6.92 Å². The number of ether oxygens (including phenoxy) is 3. The zero-order valence-corrected chi connectivity index (χ0v) is 16.1. The molecular weight excluding hydrogens is 370 g/mol. The molecule has 0 aliphatic heterocycles. The van der Waals surface area contributed by atoms with Crippen molar-refractivity contribution >= 4 is 16.0 Å². The molecule has 0 unspecified atom stereocenters. The number of aryl methyl sites for hydroxylation is 1. The summed E-state index contributed by atoms with van der Waals surface area (Å²) in [6.45, 7) is 2.12. The van der Waals surface area contributed by atoms with Crippen LogP contribution in [-0.4, -0.2) is 41.3 Å². The number of methoxy groups -OCH3 is 1. The van der Waals surface area contributed by atoms with Crippen LogP contribution in [0.5, 0.6) is 11.5 Å². The Morgan fingerprint density at radius 1 is 0.963 bits per heavy atom. The van der Waals surface area contributed by atoms with Gasteiger partial charge in [0.05, 0.1) is 18.4 Å². The Balaban J connectivity index is 1.65. The first-order valence-corrected chi connectivity index (χ1v) is 9.88. The summed E-state index contributed by atoms with van der Waals surface area (Å²) < 4.78 is 42.1. The number of nitrogens with one attached hydrogen (secondary N) is 1. The van der Waals surface area contributed by atoms with Crippen LogP contribution in [0.2, 0.25) is 0 Å². The molecule has 0 amide bonds. The lowest BCUT2D eigenvalue weighted by Gasteiger charge is -2.09. The molecular formula is C19H23NO6S. The first kappa shape index (κ1) is 20.7. The summed E-state index contributed by atoms with van der Waals surface area (Å²) in [5.74, 6) is 0.861. The lowest BCUT2D eigenvalue weighted by molar-refractivity contribution is -0.144. The zero-order chi connectivity index (χ0) is 19.7. The lowest BCUT2D eigenvalue weighted by atomic mass is 10.2. The van der Waals surface area contributed by atoms with E-state index in [1.165, 1.54) is 12.1 Å². The van der Waals surface area contributed by atoms with Gasteiger partial charge in [-0.15, -0.1) is 0 Å². The first-order valence-electron chi connectivity index (χ1n) is 8.39. The van der Waals surface area contributed by atoms with Gasteiger partial charge >= 0.3 is 5.97 Å². The monoisotopic (exact) mass is 393 g/mol. The molecule has 0 fully saturated rings. The molecule has 2 aromatic carbocycles. The molecule has 8 heteroatoms. The molecule has 0 bridgehead atoms. The predicted octanol–water partition coefficient (Wildman–Crippen LogP) is 2.29. The summed E-state index contributed by atoms with van der Waals surface area (Å²) in [5, 5.41) is 0. The standard InChI is InChI=1S/C19H23NO6S/c1-15-3-9-18(10-4-15)27(22,23)20-12-11-19(21)26-14-13-25-17-7-5-16(24-2)6-8-17/h3-10,20H,11-14H2,1-2H3. The molecule has 1 N–H and O–H groups in total. The Labute approximate surface area is 159 Å². The Kier molecular flexibility index (Phi) is 7.63. The van der Waals surface area contributed by atoms with E-state index in [4.69, 9.17) is 14.2 Å². The highest BCUT2D eigenvalue weighted by atomic mass is 32.2. The molecule has 0 aromatic heterocycles. The Morgan fingerprint density at radius 3 is 2.22 bits per heavy atom. The van der Waals surface area contributed by atoms with Crippen LogP contribution in [0.4, 0.5) is 0 Å². The van der Waals surface area contributed by atoms with Crippen molar-refractivity contribution in [3.63, 3.8) is 0 Å². The number of esters is 1. The van der Waals surface area contributed by atoms with Crippen molar-refractivity contribution in [3.8, 4) is 11.5 Å². The fourth-order valence-corrected chi connectivity index (χ4v) is 3.18. The first-order chi connectivity index (χ1) is 12.9. The minimum atomic E-state index is -3.63. The van der Waals surface area contributed by atoms with E-state index < -0.39 is 16.0 Å². The van der Waals surface area contributed by atoms with E-state index in [2.05, 4.69) is 4.72 Å². The summed E-state index contributed by atoms with van der Waals surface area (Å²) in [4.78, 5) is 11.8. The van der Waals surface area contributed by atoms with E-state index in [0.29, 0.717) is 5.75 Å². The third kappa shape index (κ3) is 6.92.